The Morgan fingerprint density at radius 1 is 0.857 bits per heavy atom. The lowest BCUT2D eigenvalue weighted by Gasteiger charge is -2.19. The van der Waals surface area contributed by atoms with E-state index in [0.29, 0.717) is 35.3 Å². The maximum atomic E-state index is 12.7. The lowest BCUT2D eigenvalue weighted by molar-refractivity contribution is -0.122. The number of aliphatic imine (C=N–C) groups is 1. The van der Waals surface area contributed by atoms with E-state index in [4.69, 9.17) is 10.9 Å². The van der Waals surface area contributed by atoms with Gasteiger partial charge in [-0.05, 0) is 80.0 Å². The van der Waals surface area contributed by atoms with Crippen LogP contribution in [0.15, 0.2) is 87.6 Å². The Morgan fingerprint density at radius 3 is 2.12 bits per heavy atom. The maximum Gasteiger partial charge on any atom is 0.323 e. The van der Waals surface area contributed by atoms with Crippen LogP contribution < -0.4 is 31.5 Å². The molecule has 0 unspecified atom stereocenters. The summed E-state index contributed by atoms with van der Waals surface area (Å²) in [7, 11) is -7.74. The molecule has 3 aromatic rings. The van der Waals surface area contributed by atoms with Crippen molar-refractivity contribution < 1.29 is 26.4 Å². The number of benzene rings is 3. The first-order valence-electron chi connectivity index (χ1n) is 12.9. The fourth-order valence-electron chi connectivity index (χ4n) is 4.17. The van der Waals surface area contributed by atoms with Gasteiger partial charge in [-0.25, -0.2) is 31.5 Å². The van der Waals surface area contributed by atoms with Crippen molar-refractivity contribution in [2.24, 2.45) is 21.8 Å². The van der Waals surface area contributed by atoms with Crippen molar-refractivity contribution in [3.05, 3.63) is 83.9 Å². The van der Waals surface area contributed by atoms with Crippen molar-refractivity contribution in [2.45, 2.75) is 29.2 Å². The molecule has 0 radical (unpaired) electrons. The van der Waals surface area contributed by atoms with Gasteiger partial charge in [0.05, 0.1) is 9.79 Å². The van der Waals surface area contributed by atoms with Gasteiger partial charge >= 0.3 is 6.03 Å². The Bertz CT molecular complexity index is 1690. The van der Waals surface area contributed by atoms with Crippen LogP contribution in [0.4, 0.5) is 16.2 Å². The number of nitrogens with two attached hydrogens (primary N) is 2. The van der Waals surface area contributed by atoms with Crippen LogP contribution in [0, 0.1) is 5.92 Å². The van der Waals surface area contributed by atoms with E-state index >= 15 is 0 Å². The minimum Gasteiger partial charge on any atom is -0.383 e. The standard InChI is InChI=1S/C27H31N7O6S2/c28-25(34-26(35)19-12-14-30-15-13-19)20-2-1-3-22(16-20)33-27(36)32-21-6-10-24(11-7-21)42(39,40)31-17-18-4-8-23(9-5-18)41(29,37)38/h1-11,16,19,30-31H,12-15,17H2,(H2,28,34,35)(H2,29,37,38)(H2,32,33,36). The van der Waals surface area contributed by atoms with E-state index in [1.165, 1.54) is 48.5 Å². The van der Waals surface area contributed by atoms with Crippen LogP contribution in [0.1, 0.15) is 24.0 Å². The molecule has 0 aliphatic carbocycles. The zero-order valence-electron chi connectivity index (χ0n) is 22.4. The van der Waals surface area contributed by atoms with Crippen LogP contribution in [0.25, 0.3) is 0 Å². The Hall–Kier alpha value is -4.15. The SMILES string of the molecule is NC(=NC(=O)C1CCNCC1)c1cccc(NC(=O)Nc2ccc(S(=O)(=O)NCc3ccc(S(N)(=O)=O)cc3)cc2)c1. The van der Waals surface area contributed by atoms with Crippen molar-refractivity contribution in [1.29, 1.82) is 0 Å². The molecule has 0 atom stereocenters. The zero-order valence-corrected chi connectivity index (χ0v) is 24.0. The maximum absolute atomic E-state index is 12.7. The molecule has 0 aromatic heterocycles. The summed E-state index contributed by atoms with van der Waals surface area (Å²) in [5, 5.41) is 13.6. The van der Waals surface area contributed by atoms with Crippen LogP contribution in [-0.2, 0) is 31.4 Å². The summed E-state index contributed by atoms with van der Waals surface area (Å²) in [4.78, 5) is 28.9. The van der Waals surface area contributed by atoms with Gasteiger partial charge in [0.1, 0.15) is 5.84 Å². The number of piperidine rings is 1. The van der Waals surface area contributed by atoms with Crippen LogP contribution in [0.3, 0.4) is 0 Å². The molecule has 8 N–H and O–H groups in total. The Kier molecular flexibility index (Phi) is 9.70. The topological polar surface area (TPSA) is 215 Å². The molecule has 0 bridgehead atoms. The number of rotatable bonds is 9. The molecule has 1 fully saturated rings. The van der Waals surface area contributed by atoms with E-state index in [0.717, 1.165) is 13.1 Å². The van der Waals surface area contributed by atoms with E-state index in [2.05, 4.69) is 25.7 Å². The van der Waals surface area contributed by atoms with Gasteiger partial charge in [-0.2, -0.15) is 4.99 Å². The summed E-state index contributed by atoms with van der Waals surface area (Å²) in [6, 6.07) is 17.1. The highest BCUT2D eigenvalue weighted by molar-refractivity contribution is 7.89. The molecular formula is C27H31N7O6S2. The number of hydrogen-bond donors (Lipinski definition) is 6. The third-order valence-electron chi connectivity index (χ3n) is 6.48. The molecule has 4 rings (SSSR count). The minimum atomic E-state index is -3.89. The first-order chi connectivity index (χ1) is 19.9. The van der Waals surface area contributed by atoms with Gasteiger partial charge < -0.3 is 21.7 Å². The van der Waals surface area contributed by atoms with Crippen LogP contribution in [0.5, 0.6) is 0 Å². The van der Waals surface area contributed by atoms with E-state index in [9.17, 15) is 26.4 Å². The summed E-state index contributed by atoms with van der Waals surface area (Å²) >= 11 is 0. The average molecular weight is 614 g/mol. The van der Waals surface area contributed by atoms with Crippen LogP contribution in [-0.4, -0.2) is 47.7 Å². The molecule has 3 amide bonds. The molecule has 13 nitrogen and oxygen atoms in total. The highest BCUT2D eigenvalue weighted by atomic mass is 32.2. The number of amides is 3. The van der Waals surface area contributed by atoms with Crippen molar-refractivity contribution >= 4 is 49.2 Å². The Morgan fingerprint density at radius 2 is 1.48 bits per heavy atom. The quantitative estimate of drug-likeness (QED) is 0.154. The monoisotopic (exact) mass is 613 g/mol. The average Bonchev–Trinajstić information content (AvgIpc) is 2.96. The third kappa shape index (κ3) is 8.43. The summed E-state index contributed by atoms with van der Waals surface area (Å²) in [5.41, 5.74) is 7.83. The van der Waals surface area contributed by atoms with E-state index in [1.54, 1.807) is 24.3 Å². The lowest BCUT2D eigenvalue weighted by Crippen LogP contribution is -2.32. The first-order valence-corrected chi connectivity index (χ1v) is 15.9. The number of sulfonamides is 2. The second-order valence-corrected chi connectivity index (χ2v) is 12.9. The number of carbonyl (C=O) groups excluding carboxylic acids is 2. The van der Waals surface area contributed by atoms with E-state index < -0.39 is 26.1 Å². The molecular weight excluding hydrogens is 582 g/mol. The molecule has 1 aliphatic rings. The molecule has 222 valence electrons. The van der Waals surface area contributed by atoms with E-state index in [-0.39, 0.29) is 34.0 Å². The van der Waals surface area contributed by atoms with Crippen molar-refractivity contribution in [3.8, 4) is 0 Å². The molecule has 0 spiro atoms. The van der Waals surface area contributed by atoms with Crippen molar-refractivity contribution in [3.63, 3.8) is 0 Å². The first kappa shape index (κ1) is 30.8. The molecule has 1 saturated heterocycles. The van der Waals surface area contributed by atoms with Gasteiger partial charge in [-0.1, -0.05) is 24.3 Å². The summed E-state index contributed by atoms with van der Waals surface area (Å²) in [6.07, 6.45) is 1.42. The number of nitrogens with zero attached hydrogens (tertiary/aromatic N) is 1. The number of urea groups is 1. The van der Waals surface area contributed by atoms with Gasteiger partial charge in [-0.15, -0.1) is 0 Å². The summed E-state index contributed by atoms with van der Waals surface area (Å²) in [6.45, 7) is 1.45. The summed E-state index contributed by atoms with van der Waals surface area (Å²) < 4.78 is 50.5. The second kappa shape index (κ2) is 13.2. The fraction of sp³-hybridized carbons (Fsp3) is 0.222. The lowest BCUT2D eigenvalue weighted by atomic mass is 9.97. The molecule has 1 heterocycles. The third-order valence-corrected chi connectivity index (χ3v) is 8.82. The number of nitrogens with one attached hydrogen (secondary N) is 4. The number of anilines is 2. The molecule has 42 heavy (non-hydrogen) atoms. The molecule has 3 aromatic carbocycles. The Balaban J connectivity index is 1.32. The number of primary sulfonamides is 1. The predicted molar refractivity (Wildman–Crippen MR) is 159 cm³/mol. The smallest absolute Gasteiger partial charge is 0.323 e. The van der Waals surface area contributed by atoms with Crippen LogP contribution in [0.2, 0.25) is 0 Å². The normalized spacial score (nSPS) is 14.7. The molecule has 0 saturated carbocycles. The van der Waals surface area contributed by atoms with Gasteiger partial charge in [0.15, 0.2) is 0 Å². The largest absolute Gasteiger partial charge is 0.383 e. The van der Waals surface area contributed by atoms with Gasteiger partial charge in [0.25, 0.3) is 5.91 Å². The van der Waals surface area contributed by atoms with Gasteiger partial charge in [-0.3, -0.25) is 4.79 Å². The number of carbonyl (C=O) groups is 2. The van der Waals surface area contributed by atoms with E-state index in [1.807, 2.05) is 0 Å². The zero-order chi connectivity index (χ0) is 30.3. The van der Waals surface area contributed by atoms with Gasteiger partial charge in [0, 0.05) is 29.4 Å². The predicted octanol–water partition coefficient (Wildman–Crippen LogP) is 1.69. The van der Waals surface area contributed by atoms with Crippen molar-refractivity contribution in [1.82, 2.24) is 10.0 Å². The van der Waals surface area contributed by atoms with Crippen LogP contribution >= 0.6 is 0 Å². The second-order valence-electron chi connectivity index (χ2n) is 9.56. The minimum absolute atomic E-state index is 0.0314. The number of hydrogen-bond acceptors (Lipinski definition) is 7. The Labute approximate surface area is 243 Å². The molecule has 1 aliphatic heterocycles. The summed E-state index contributed by atoms with van der Waals surface area (Å²) in [5.74, 6) is -0.357. The van der Waals surface area contributed by atoms with Crippen molar-refractivity contribution in [2.75, 3.05) is 23.7 Å². The fourth-order valence-corrected chi connectivity index (χ4v) is 5.70. The van der Waals surface area contributed by atoms with Gasteiger partial charge in [0.2, 0.25) is 20.0 Å². The molecule has 15 heteroatoms. The number of amidine groups is 1. The highest BCUT2D eigenvalue weighted by Gasteiger charge is 2.21. The highest BCUT2D eigenvalue weighted by Crippen LogP contribution is 2.18.